The number of nitrogens with zero attached hydrogens (tertiary/aromatic N) is 1. The number of rotatable bonds is 7. The van der Waals surface area contributed by atoms with Gasteiger partial charge in [0.15, 0.2) is 6.04 Å². The van der Waals surface area contributed by atoms with Gasteiger partial charge >= 0.3 is 0 Å². The third-order valence-corrected chi connectivity index (χ3v) is 7.09. The van der Waals surface area contributed by atoms with Gasteiger partial charge in [0.25, 0.3) is 5.91 Å². The molecule has 3 aromatic rings. The second-order valence-electron chi connectivity index (χ2n) is 8.55. The highest BCUT2D eigenvalue weighted by Crippen LogP contribution is 2.31. The molecule has 1 saturated carbocycles. The number of aryl methyl sites for hydroxylation is 2. The molecule has 0 saturated heterocycles. The van der Waals surface area contributed by atoms with E-state index in [0.717, 1.165) is 41.7 Å². The topological polar surface area (TPSA) is 62.6 Å². The van der Waals surface area contributed by atoms with Gasteiger partial charge in [0.05, 0.1) is 12.7 Å². The van der Waals surface area contributed by atoms with Crippen molar-refractivity contribution in [3.05, 3.63) is 75.9 Å². The molecule has 0 unspecified atom stereocenters. The van der Waals surface area contributed by atoms with E-state index in [1.54, 1.807) is 34.6 Å². The van der Waals surface area contributed by atoms with Gasteiger partial charge in [0, 0.05) is 16.6 Å². The molecule has 1 aromatic carbocycles. The lowest BCUT2D eigenvalue weighted by molar-refractivity contribution is -0.127. The summed E-state index contributed by atoms with van der Waals surface area (Å²) in [4.78, 5) is 29.9. The zero-order chi connectivity index (χ0) is 22.5. The molecule has 0 spiro atoms. The minimum absolute atomic E-state index is 0.129. The second kappa shape index (κ2) is 10.2. The number of amides is 2. The van der Waals surface area contributed by atoms with Crippen molar-refractivity contribution in [3.63, 3.8) is 0 Å². The largest absolute Gasteiger partial charge is 0.467 e. The average molecular weight is 451 g/mol. The maximum absolute atomic E-state index is 13.7. The number of furan rings is 1. The summed E-state index contributed by atoms with van der Waals surface area (Å²) >= 11 is 1.54. The Bertz CT molecular complexity index is 1040. The van der Waals surface area contributed by atoms with Crippen molar-refractivity contribution in [1.82, 2.24) is 5.32 Å². The number of carbonyl (C=O) groups is 2. The fourth-order valence-electron chi connectivity index (χ4n) is 4.31. The standard InChI is InChI=1S/C26H30N2O3S/c1-18-12-13-21(16-19(18)2)28(24(29)17-22-10-7-15-32-22)25(23-11-6-14-31-23)26(30)27-20-8-4-3-5-9-20/h6-7,10-16,20,25H,3-5,8-9,17H2,1-2H3,(H,27,30)/t25-/m1/s1. The van der Waals surface area contributed by atoms with Crippen LogP contribution in [0.2, 0.25) is 0 Å². The van der Waals surface area contributed by atoms with Crippen molar-refractivity contribution in [2.45, 2.75) is 64.5 Å². The Kier molecular flexibility index (Phi) is 7.10. The highest BCUT2D eigenvalue weighted by atomic mass is 32.1. The van der Waals surface area contributed by atoms with E-state index < -0.39 is 6.04 Å². The molecule has 0 aliphatic heterocycles. The lowest BCUT2D eigenvalue weighted by Crippen LogP contribution is -2.47. The SMILES string of the molecule is Cc1ccc(N(C(=O)Cc2cccs2)[C@@H](C(=O)NC2CCCCC2)c2ccco2)cc1C. The van der Waals surface area contributed by atoms with E-state index in [2.05, 4.69) is 5.32 Å². The maximum atomic E-state index is 13.7. The summed E-state index contributed by atoms with van der Waals surface area (Å²) in [6.45, 7) is 4.06. The molecular formula is C26H30N2O3S. The lowest BCUT2D eigenvalue weighted by Gasteiger charge is -2.32. The fraction of sp³-hybridized carbons (Fsp3) is 0.385. The first-order valence-electron chi connectivity index (χ1n) is 11.3. The smallest absolute Gasteiger partial charge is 0.251 e. The van der Waals surface area contributed by atoms with E-state index in [9.17, 15) is 9.59 Å². The molecule has 2 aromatic heterocycles. The Hall–Kier alpha value is -2.86. The lowest BCUT2D eigenvalue weighted by atomic mass is 9.95. The molecule has 6 heteroatoms. The van der Waals surface area contributed by atoms with Crippen LogP contribution in [0.3, 0.4) is 0 Å². The van der Waals surface area contributed by atoms with E-state index in [-0.39, 0.29) is 24.3 Å². The minimum atomic E-state index is -0.860. The number of hydrogen-bond acceptors (Lipinski definition) is 4. The van der Waals surface area contributed by atoms with Crippen LogP contribution in [0, 0.1) is 13.8 Å². The zero-order valence-electron chi connectivity index (χ0n) is 18.7. The summed E-state index contributed by atoms with van der Waals surface area (Å²) in [7, 11) is 0. The maximum Gasteiger partial charge on any atom is 0.251 e. The Morgan fingerprint density at radius 2 is 1.91 bits per heavy atom. The molecule has 5 nitrogen and oxygen atoms in total. The zero-order valence-corrected chi connectivity index (χ0v) is 19.5. The summed E-state index contributed by atoms with van der Waals surface area (Å²) in [5.41, 5.74) is 2.91. The summed E-state index contributed by atoms with van der Waals surface area (Å²) in [5.74, 6) is 0.150. The molecule has 32 heavy (non-hydrogen) atoms. The number of thiophene rings is 1. The number of carbonyl (C=O) groups excluding carboxylic acids is 2. The van der Waals surface area contributed by atoms with Crippen LogP contribution in [0.5, 0.6) is 0 Å². The number of benzene rings is 1. The van der Waals surface area contributed by atoms with Crippen LogP contribution in [0.1, 0.15) is 59.9 Å². The van der Waals surface area contributed by atoms with Crippen molar-refractivity contribution in [3.8, 4) is 0 Å². The van der Waals surface area contributed by atoms with Crippen LogP contribution >= 0.6 is 11.3 Å². The fourth-order valence-corrected chi connectivity index (χ4v) is 5.00. The van der Waals surface area contributed by atoms with Crippen LogP contribution in [0.4, 0.5) is 5.69 Å². The van der Waals surface area contributed by atoms with Gasteiger partial charge < -0.3 is 9.73 Å². The first kappa shape index (κ1) is 22.3. The normalized spacial score (nSPS) is 15.3. The van der Waals surface area contributed by atoms with Crippen LogP contribution in [0.15, 0.2) is 58.5 Å². The monoisotopic (exact) mass is 450 g/mol. The third-order valence-electron chi connectivity index (χ3n) is 6.21. The molecule has 2 amide bonds. The van der Waals surface area contributed by atoms with Crippen molar-refractivity contribution >= 4 is 28.8 Å². The predicted molar refractivity (Wildman–Crippen MR) is 128 cm³/mol. The van der Waals surface area contributed by atoms with E-state index in [1.807, 2.05) is 49.6 Å². The van der Waals surface area contributed by atoms with Crippen molar-refractivity contribution in [2.24, 2.45) is 0 Å². The Labute approximate surface area is 193 Å². The molecule has 168 valence electrons. The van der Waals surface area contributed by atoms with Gasteiger partial charge in [-0.1, -0.05) is 31.4 Å². The highest BCUT2D eigenvalue weighted by Gasteiger charge is 2.36. The van der Waals surface area contributed by atoms with Gasteiger partial charge in [-0.05, 0) is 73.5 Å². The number of anilines is 1. The highest BCUT2D eigenvalue weighted by molar-refractivity contribution is 7.10. The molecule has 0 bridgehead atoms. The van der Waals surface area contributed by atoms with Crippen molar-refractivity contribution in [2.75, 3.05) is 4.90 Å². The van der Waals surface area contributed by atoms with Gasteiger partial charge in [-0.25, -0.2) is 0 Å². The van der Waals surface area contributed by atoms with E-state index in [1.165, 1.54) is 6.42 Å². The summed E-state index contributed by atoms with van der Waals surface area (Å²) in [6.07, 6.45) is 7.19. The van der Waals surface area contributed by atoms with Gasteiger partial charge in [-0.15, -0.1) is 11.3 Å². The van der Waals surface area contributed by atoms with Gasteiger partial charge in [-0.3, -0.25) is 14.5 Å². The predicted octanol–water partition coefficient (Wildman–Crippen LogP) is 5.72. The number of nitrogens with one attached hydrogen (secondary N) is 1. The quantitative estimate of drug-likeness (QED) is 0.500. The summed E-state index contributed by atoms with van der Waals surface area (Å²) in [5, 5.41) is 5.17. The third kappa shape index (κ3) is 5.13. The van der Waals surface area contributed by atoms with Gasteiger partial charge in [0.1, 0.15) is 5.76 Å². The van der Waals surface area contributed by atoms with Gasteiger partial charge in [0.2, 0.25) is 5.91 Å². The van der Waals surface area contributed by atoms with E-state index in [4.69, 9.17) is 4.42 Å². The Morgan fingerprint density at radius 1 is 1.09 bits per heavy atom. The summed E-state index contributed by atoms with van der Waals surface area (Å²) < 4.78 is 5.70. The van der Waals surface area contributed by atoms with Crippen LogP contribution in [0.25, 0.3) is 0 Å². The van der Waals surface area contributed by atoms with Crippen LogP contribution < -0.4 is 10.2 Å². The number of hydrogen-bond donors (Lipinski definition) is 1. The van der Waals surface area contributed by atoms with E-state index in [0.29, 0.717) is 11.4 Å². The minimum Gasteiger partial charge on any atom is -0.467 e. The first-order valence-corrected chi connectivity index (χ1v) is 12.2. The molecule has 1 atom stereocenters. The Morgan fingerprint density at radius 3 is 2.56 bits per heavy atom. The molecule has 1 aliphatic carbocycles. The molecule has 1 aliphatic rings. The van der Waals surface area contributed by atoms with Crippen LogP contribution in [-0.4, -0.2) is 17.9 Å². The first-order chi connectivity index (χ1) is 15.5. The second-order valence-corrected chi connectivity index (χ2v) is 9.58. The Balaban J connectivity index is 1.72. The molecular weight excluding hydrogens is 420 g/mol. The van der Waals surface area contributed by atoms with Gasteiger partial charge in [-0.2, -0.15) is 0 Å². The van der Waals surface area contributed by atoms with Crippen molar-refractivity contribution < 1.29 is 14.0 Å². The summed E-state index contributed by atoms with van der Waals surface area (Å²) in [6, 6.07) is 12.6. The van der Waals surface area contributed by atoms with Crippen molar-refractivity contribution in [1.29, 1.82) is 0 Å². The average Bonchev–Trinajstić information content (AvgIpc) is 3.49. The molecule has 1 N–H and O–H groups in total. The molecule has 1 fully saturated rings. The molecule has 4 rings (SSSR count). The van der Waals surface area contributed by atoms with E-state index >= 15 is 0 Å². The molecule has 2 heterocycles. The van der Waals surface area contributed by atoms with Crippen LogP contribution in [-0.2, 0) is 16.0 Å². The molecule has 0 radical (unpaired) electrons.